The van der Waals surface area contributed by atoms with E-state index in [-0.39, 0.29) is 0 Å². The van der Waals surface area contributed by atoms with Gasteiger partial charge in [-0.3, -0.25) is 4.99 Å². The zero-order chi connectivity index (χ0) is 17.5. The molecule has 2 atom stereocenters. The molecule has 0 bridgehead atoms. The first-order chi connectivity index (χ1) is 12.3. The summed E-state index contributed by atoms with van der Waals surface area (Å²) in [5.41, 5.74) is 4.28. The third-order valence-electron chi connectivity index (χ3n) is 5.41. The van der Waals surface area contributed by atoms with Crippen LogP contribution in [0.4, 0.5) is 0 Å². The number of dihydropyridines is 1. The van der Waals surface area contributed by atoms with Crippen LogP contribution in [0.3, 0.4) is 0 Å². The average Bonchev–Trinajstić information content (AvgIpc) is 2.67. The second kappa shape index (κ2) is 8.81. The predicted octanol–water partition coefficient (Wildman–Crippen LogP) is 5.98. The molecular weight excluding hydrogens is 304 g/mol. The number of rotatable bonds is 7. The summed E-state index contributed by atoms with van der Waals surface area (Å²) < 4.78 is 0. The molecule has 0 saturated heterocycles. The zero-order valence-electron chi connectivity index (χ0n) is 15.2. The van der Waals surface area contributed by atoms with E-state index in [1.54, 1.807) is 0 Å². The minimum atomic E-state index is 0.329. The maximum atomic E-state index is 8.96. The van der Waals surface area contributed by atoms with Gasteiger partial charge in [-0.1, -0.05) is 63.3 Å². The number of hydrogen-bond acceptors (Lipinski definition) is 2. The van der Waals surface area contributed by atoms with Gasteiger partial charge < -0.3 is 0 Å². The van der Waals surface area contributed by atoms with Crippen molar-refractivity contribution in [3.8, 4) is 6.07 Å². The molecule has 1 aliphatic carbocycles. The van der Waals surface area contributed by atoms with E-state index < -0.39 is 0 Å². The molecule has 0 radical (unpaired) electrons. The second-order valence-electron chi connectivity index (χ2n) is 7.23. The molecule has 0 N–H and O–H groups in total. The van der Waals surface area contributed by atoms with Gasteiger partial charge in [-0.15, -0.1) is 0 Å². The molecule has 2 heteroatoms. The smallest absolute Gasteiger partial charge is 0.0991 e. The van der Waals surface area contributed by atoms with Crippen LogP contribution in [0.1, 0.15) is 69.4 Å². The van der Waals surface area contributed by atoms with E-state index >= 15 is 0 Å². The summed E-state index contributed by atoms with van der Waals surface area (Å²) in [6.07, 6.45) is 17.2. The third kappa shape index (κ3) is 4.48. The Labute approximate surface area is 152 Å². The van der Waals surface area contributed by atoms with Crippen molar-refractivity contribution < 1.29 is 0 Å². The van der Waals surface area contributed by atoms with E-state index in [2.05, 4.69) is 31.2 Å². The summed E-state index contributed by atoms with van der Waals surface area (Å²) in [5.74, 6) is 0.681. The summed E-state index contributed by atoms with van der Waals surface area (Å²) >= 11 is 0. The summed E-state index contributed by atoms with van der Waals surface area (Å²) in [6, 6.07) is 10.3. The van der Waals surface area contributed by atoms with Gasteiger partial charge in [-0.05, 0) is 54.5 Å². The molecule has 0 amide bonds. The molecular formula is C23H28N2. The van der Waals surface area contributed by atoms with Crippen LogP contribution in [-0.4, -0.2) is 11.8 Å². The van der Waals surface area contributed by atoms with Crippen molar-refractivity contribution in [2.75, 3.05) is 0 Å². The molecule has 2 nitrogen and oxygen atoms in total. The highest BCUT2D eigenvalue weighted by Crippen LogP contribution is 2.34. The fraction of sp³-hybridized carbons (Fsp3) is 0.478. The van der Waals surface area contributed by atoms with Gasteiger partial charge in [0.25, 0.3) is 0 Å². The first-order valence-corrected chi connectivity index (χ1v) is 9.78. The molecule has 0 spiro atoms. The van der Waals surface area contributed by atoms with Crippen LogP contribution in [0, 0.1) is 17.2 Å². The normalized spacial score (nSPS) is 21.9. The van der Waals surface area contributed by atoms with Gasteiger partial charge in [0.15, 0.2) is 0 Å². The van der Waals surface area contributed by atoms with Crippen molar-refractivity contribution in [1.29, 1.82) is 5.26 Å². The van der Waals surface area contributed by atoms with Gasteiger partial charge in [0.05, 0.1) is 23.4 Å². The topological polar surface area (TPSA) is 36.1 Å². The highest BCUT2D eigenvalue weighted by Gasteiger charge is 2.28. The van der Waals surface area contributed by atoms with Crippen LogP contribution in [0.25, 0.3) is 0 Å². The highest BCUT2D eigenvalue weighted by molar-refractivity contribution is 6.09. The molecule has 25 heavy (non-hydrogen) atoms. The van der Waals surface area contributed by atoms with Gasteiger partial charge in [0.2, 0.25) is 0 Å². The minimum Gasteiger partial charge on any atom is -0.276 e. The number of unbranched alkanes of at least 4 members (excludes halogenated alkanes) is 4. The quantitative estimate of drug-likeness (QED) is 0.565. The fourth-order valence-corrected chi connectivity index (χ4v) is 3.93. The van der Waals surface area contributed by atoms with Crippen molar-refractivity contribution in [1.82, 2.24) is 0 Å². The predicted molar refractivity (Wildman–Crippen MR) is 105 cm³/mol. The van der Waals surface area contributed by atoms with Gasteiger partial charge in [0.1, 0.15) is 0 Å². The van der Waals surface area contributed by atoms with Crippen LogP contribution >= 0.6 is 0 Å². The number of nitrogens with zero attached hydrogens (tertiary/aromatic N) is 2. The van der Waals surface area contributed by atoms with Crippen molar-refractivity contribution in [3.63, 3.8) is 0 Å². The maximum Gasteiger partial charge on any atom is 0.0991 e. The van der Waals surface area contributed by atoms with Crippen LogP contribution in [0.15, 0.2) is 53.1 Å². The molecule has 1 aromatic rings. The Balaban J connectivity index is 1.69. The maximum absolute atomic E-state index is 8.96. The average molecular weight is 332 g/mol. The van der Waals surface area contributed by atoms with E-state index in [4.69, 9.17) is 10.3 Å². The summed E-state index contributed by atoms with van der Waals surface area (Å²) in [4.78, 5) is 5.10. The number of aliphatic imine (C=N–C) groups is 1. The van der Waals surface area contributed by atoms with Crippen molar-refractivity contribution >= 4 is 5.71 Å². The van der Waals surface area contributed by atoms with Gasteiger partial charge in [-0.2, -0.15) is 5.26 Å². The summed E-state index contributed by atoms with van der Waals surface area (Å²) in [5, 5.41) is 8.96. The zero-order valence-corrected chi connectivity index (χ0v) is 15.2. The Morgan fingerprint density at radius 1 is 1.08 bits per heavy atom. The lowest BCUT2D eigenvalue weighted by Crippen LogP contribution is -2.27. The Bertz CT molecular complexity index is 701. The molecule has 2 aliphatic rings. The largest absolute Gasteiger partial charge is 0.276 e. The van der Waals surface area contributed by atoms with Crippen molar-refractivity contribution in [3.05, 3.63) is 59.2 Å². The van der Waals surface area contributed by atoms with E-state index in [9.17, 15) is 0 Å². The number of benzene rings is 1. The fourth-order valence-electron chi connectivity index (χ4n) is 3.93. The molecule has 3 rings (SSSR count). The number of allylic oxidation sites excluding steroid dienone is 2. The summed E-state index contributed by atoms with van der Waals surface area (Å²) in [7, 11) is 0. The van der Waals surface area contributed by atoms with Crippen LogP contribution < -0.4 is 0 Å². The second-order valence-corrected chi connectivity index (χ2v) is 7.23. The number of hydrogen-bond donors (Lipinski definition) is 0. The Morgan fingerprint density at radius 3 is 2.64 bits per heavy atom. The highest BCUT2D eigenvalue weighted by atomic mass is 14.8. The molecule has 2 unspecified atom stereocenters. The molecule has 130 valence electrons. The number of nitriles is 1. The monoisotopic (exact) mass is 332 g/mol. The summed E-state index contributed by atoms with van der Waals surface area (Å²) in [6.45, 7) is 2.27. The number of fused-ring (bicyclic) bond motifs is 1. The minimum absolute atomic E-state index is 0.329. The molecule has 1 aromatic carbocycles. The lowest BCUT2D eigenvalue weighted by atomic mass is 9.79. The molecule has 1 heterocycles. The SMILES string of the molecule is CCCCCCCC1CCC=C2C=CC(c3ccc(C#N)cc3)=NC21. The Hall–Kier alpha value is -2.14. The lowest BCUT2D eigenvalue weighted by Gasteiger charge is -2.31. The molecule has 0 saturated carbocycles. The van der Waals surface area contributed by atoms with E-state index in [1.807, 2.05) is 24.3 Å². The van der Waals surface area contributed by atoms with Gasteiger partial charge in [-0.25, -0.2) is 0 Å². The Kier molecular flexibility index (Phi) is 6.23. The van der Waals surface area contributed by atoms with Gasteiger partial charge in [0, 0.05) is 0 Å². The van der Waals surface area contributed by atoms with Crippen LogP contribution in [0.5, 0.6) is 0 Å². The first kappa shape index (κ1) is 17.7. The van der Waals surface area contributed by atoms with E-state index in [0.29, 0.717) is 17.5 Å². The first-order valence-electron chi connectivity index (χ1n) is 9.78. The van der Waals surface area contributed by atoms with Gasteiger partial charge >= 0.3 is 0 Å². The third-order valence-corrected chi connectivity index (χ3v) is 5.41. The Morgan fingerprint density at radius 2 is 1.88 bits per heavy atom. The van der Waals surface area contributed by atoms with E-state index in [1.165, 1.54) is 56.9 Å². The van der Waals surface area contributed by atoms with Crippen LogP contribution in [0.2, 0.25) is 0 Å². The molecule has 0 aromatic heterocycles. The molecule has 0 fully saturated rings. The van der Waals surface area contributed by atoms with E-state index in [0.717, 1.165) is 11.3 Å². The molecule has 1 aliphatic heterocycles. The van der Waals surface area contributed by atoms with Crippen molar-refractivity contribution in [2.45, 2.75) is 64.3 Å². The van der Waals surface area contributed by atoms with Crippen molar-refractivity contribution in [2.24, 2.45) is 10.9 Å². The van der Waals surface area contributed by atoms with Crippen LogP contribution in [-0.2, 0) is 0 Å². The standard InChI is InChI=1S/C23H28N2/c1-2-3-4-5-6-8-20-9-7-10-21-15-16-22(25-23(20)21)19-13-11-18(17-24)12-14-19/h10-16,20,23H,2-9H2,1H3. The lowest BCUT2D eigenvalue weighted by molar-refractivity contribution is 0.373.